The fourth-order valence-corrected chi connectivity index (χ4v) is 3.99. The van der Waals surface area contributed by atoms with Crippen LogP contribution in [-0.2, 0) is 7.05 Å². The van der Waals surface area contributed by atoms with Gasteiger partial charge in [-0.3, -0.25) is 4.79 Å². The maximum Gasteiger partial charge on any atom is 0.270 e. The predicted octanol–water partition coefficient (Wildman–Crippen LogP) is 3.51. The molecule has 1 aromatic carbocycles. The summed E-state index contributed by atoms with van der Waals surface area (Å²) in [6.07, 6.45) is 1.53. The third-order valence-electron chi connectivity index (χ3n) is 5.39. The lowest BCUT2D eigenvalue weighted by Gasteiger charge is -2.34. The second kappa shape index (κ2) is 8.25. The van der Waals surface area contributed by atoms with Crippen molar-refractivity contribution in [2.45, 2.75) is 18.9 Å². The molecule has 2 aromatic heterocycles. The fourth-order valence-electron chi connectivity index (χ4n) is 3.84. The molecule has 1 saturated heterocycles. The van der Waals surface area contributed by atoms with E-state index in [4.69, 9.17) is 21.1 Å². The van der Waals surface area contributed by atoms with Crippen molar-refractivity contribution in [1.29, 1.82) is 5.26 Å². The predicted molar refractivity (Wildman–Crippen MR) is 116 cm³/mol. The normalized spacial score (nSPS) is 14.5. The van der Waals surface area contributed by atoms with Gasteiger partial charge in [0.2, 0.25) is 0 Å². The highest BCUT2D eigenvalue weighted by atomic mass is 35.5. The maximum absolute atomic E-state index is 12.7. The van der Waals surface area contributed by atoms with E-state index in [1.54, 1.807) is 26.3 Å². The fraction of sp³-hybridized carbons (Fsp3) is 0.318. The number of anilines is 1. The number of hydrogen-bond donors (Lipinski definition) is 0. The molecule has 30 heavy (non-hydrogen) atoms. The van der Waals surface area contributed by atoms with E-state index in [9.17, 15) is 10.1 Å². The zero-order valence-corrected chi connectivity index (χ0v) is 17.5. The van der Waals surface area contributed by atoms with Crippen LogP contribution in [0.15, 0.2) is 41.2 Å². The Morgan fingerprint density at radius 1 is 1.20 bits per heavy atom. The molecule has 8 heteroatoms. The van der Waals surface area contributed by atoms with Crippen LogP contribution in [0.5, 0.6) is 11.5 Å². The molecule has 3 aromatic rings. The van der Waals surface area contributed by atoms with Gasteiger partial charge in [-0.05, 0) is 24.3 Å². The summed E-state index contributed by atoms with van der Waals surface area (Å²) >= 11 is 6.13. The quantitative estimate of drug-likeness (QED) is 0.596. The number of rotatable bonds is 4. The second-order valence-electron chi connectivity index (χ2n) is 7.18. The Bertz CT molecular complexity index is 1190. The van der Waals surface area contributed by atoms with Gasteiger partial charge in [0.25, 0.3) is 5.56 Å². The minimum atomic E-state index is -0.334. The number of aromatic nitrogens is 2. The third kappa shape index (κ3) is 3.66. The Balaban J connectivity index is 1.62. The number of halogens is 1. The van der Waals surface area contributed by atoms with Crippen LogP contribution in [-0.4, -0.2) is 35.9 Å². The van der Waals surface area contributed by atoms with Gasteiger partial charge in [0.1, 0.15) is 39.9 Å². The molecule has 0 amide bonds. The number of benzene rings is 1. The zero-order chi connectivity index (χ0) is 21.3. The van der Waals surface area contributed by atoms with Crippen LogP contribution in [0.3, 0.4) is 0 Å². The van der Waals surface area contributed by atoms with E-state index in [0.29, 0.717) is 35.0 Å². The largest absolute Gasteiger partial charge is 0.497 e. The molecule has 3 heterocycles. The standard InChI is InChI=1S/C22H21ClN4O3/c1-26-18-6-7-19(23)25-20(18)21(17(13-24)22(26)28)27-10-8-14(9-11-27)30-16-5-3-4-15(12-16)29-2/h3-7,12,14H,8-11H2,1-2H3. The van der Waals surface area contributed by atoms with Crippen LogP contribution in [0.4, 0.5) is 5.69 Å². The average Bonchev–Trinajstić information content (AvgIpc) is 2.77. The van der Waals surface area contributed by atoms with Crippen molar-refractivity contribution in [2.75, 3.05) is 25.1 Å². The topological polar surface area (TPSA) is 80.4 Å². The molecule has 0 unspecified atom stereocenters. The van der Waals surface area contributed by atoms with Crippen LogP contribution in [0.1, 0.15) is 18.4 Å². The number of fused-ring (bicyclic) bond motifs is 1. The third-order valence-corrected chi connectivity index (χ3v) is 5.61. The molecular weight excluding hydrogens is 404 g/mol. The van der Waals surface area contributed by atoms with Crippen molar-refractivity contribution in [3.63, 3.8) is 0 Å². The number of piperidine rings is 1. The number of aryl methyl sites for hydroxylation is 1. The SMILES string of the molecule is COc1cccc(OC2CCN(c3c(C#N)c(=O)n(C)c4ccc(Cl)nc34)CC2)c1. The Labute approximate surface area is 179 Å². The van der Waals surface area contributed by atoms with Gasteiger partial charge in [-0.1, -0.05) is 17.7 Å². The van der Waals surface area contributed by atoms with Crippen molar-refractivity contribution < 1.29 is 9.47 Å². The molecule has 1 fully saturated rings. The van der Waals surface area contributed by atoms with Crippen molar-refractivity contribution in [1.82, 2.24) is 9.55 Å². The second-order valence-corrected chi connectivity index (χ2v) is 7.57. The minimum absolute atomic E-state index is 0.0354. The first kappa shape index (κ1) is 20.0. The molecule has 0 spiro atoms. The summed E-state index contributed by atoms with van der Waals surface area (Å²) in [5.41, 5.74) is 1.52. The minimum Gasteiger partial charge on any atom is -0.497 e. The van der Waals surface area contributed by atoms with Gasteiger partial charge in [0.05, 0.1) is 18.3 Å². The van der Waals surface area contributed by atoms with Gasteiger partial charge >= 0.3 is 0 Å². The smallest absolute Gasteiger partial charge is 0.270 e. The highest BCUT2D eigenvalue weighted by molar-refractivity contribution is 6.29. The van der Waals surface area contributed by atoms with E-state index >= 15 is 0 Å². The molecule has 4 rings (SSSR count). The van der Waals surface area contributed by atoms with Crippen LogP contribution in [0.2, 0.25) is 5.15 Å². The molecule has 1 aliphatic heterocycles. The van der Waals surface area contributed by atoms with E-state index in [-0.39, 0.29) is 17.2 Å². The summed E-state index contributed by atoms with van der Waals surface area (Å²) in [5, 5.41) is 10.0. The molecule has 1 aliphatic rings. The van der Waals surface area contributed by atoms with E-state index in [0.717, 1.165) is 24.3 Å². The number of methoxy groups -OCH3 is 1. The number of ether oxygens (including phenoxy) is 2. The summed E-state index contributed by atoms with van der Waals surface area (Å²) in [5.74, 6) is 1.51. The summed E-state index contributed by atoms with van der Waals surface area (Å²) in [4.78, 5) is 19.2. The van der Waals surface area contributed by atoms with Crippen molar-refractivity contribution in [3.8, 4) is 17.6 Å². The monoisotopic (exact) mass is 424 g/mol. The molecule has 0 atom stereocenters. The molecule has 0 aliphatic carbocycles. The lowest BCUT2D eigenvalue weighted by Crippen LogP contribution is -2.40. The van der Waals surface area contributed by atoms with Gasteiger partial charge in [-0.2, -0.15) is 5.26 Å². The van der Waals surface area contributed by atoms with Gasteiger partial charge in [0.15, 0.2) is 0 Å². The highest BCUT2D eigenvalue weighted by Crippen LogP contribution is 2.31. The van der Waals surface area contributed by atoms with Crippen molar-refractivity contribution in [3.05, 3.63) is 57.5 Å². The summed E-state index contributed by atoms with van der Waals surface area (Å²) in [7, 11) is 3.26. The molecular formula is C22H21ClN4O3. The first-order valence-electron chi connectivity index (χ1n) is 9.67. The number of hydrogen-bond acceptors (Lipinski definition) is 6. The molecule has 0 saturated carbocycles. The summed E-state index contributed by atoms with van der Waals surface area (Å²) in [6.45, 7) is 1.28. The first-order valence-corrected chi connectivity index (χ1v) is 10.0. The molecule has 0 radical (unpaired) electrons. The highest BCUT2D eigenvalue weighted by Gasteiger charge is 2.27. The number of nitrogens with zero attached hydrogens (tertiary/aromatic N) is 4. The lowest BCUT2D eigenvalue weighted by atomic mass is 10.0. The van der Waals surface area contributed by atoms with Crippen molar-refractivity contribution >= 4 is 28.3 Å². The molecule has 154 valence electrons. The van der Waals surface area contributed by atoms with Gasteiger partial charge in [-0.15, -0.1) is 0 Å². The van der Waals surface area contributed by atoms with Crippen LogP contribution in [0, 0.1) is 11.3 Å². The van der Waals surface area contributed by atoms with Crippen LogP contribution < -0.4 is 19.9 Å². The van der Waals surface area contributed by atoms with Gasteiger partial charge < -0.3 is 18.9 Å². The Hall–Kier alpha value is -3.24. The number of nitriles is 1. The number of pyridine rings is 2. The molecule has 0 bridgehead atoms. The Morgan fingerprint density at radius 2 is 1.93 bits per heavy atom. The maximum atomic E-state index is 12.7. The average molecular weight is 425 g/mol. The Kier molecular flexibility index (Phi) is 5.51. The van der Waals surface area contributed by atoms with E-state index in [1.807, 2.05) is 29.2 Å². The van der Waals surface area contributed by atoms with E-state index < -0.39 is 0 Å². The van der Waals surface area contributed by atoms with Crippen molar-refractivity contribution in [2.24, 2.45) is 7.05 Å². The zero-order valence-electron chi connectivity index (χ0n) is 16.8. The van der Waals surface area contributed by atoms with Crippen LogP contribution in [0.25, 0.3) is 11.0 Å². The first-order chi connectivity index (χ1) is 14.5. The summed E-state index contributed by atoms with van der Waals surface area (Å²) in [6, 6.07) is 13.0. The molecule has 7 nitrogen and oxygen atoms in total. The van der Waals surface area contributed by atoms with Gasteiger partial charge in [0, 0.05) is 39.0 Å². The Morgan fingerprint density at radius 3 is 2.63 bits per heavy atom. The van der Waals surface area contributed by atoms with E-state index in [1.165, 1.54) is 4.57 Å². The summed E-state index contributed by atoms with van der Waals surface area (Å²) < 4.78 is 12.8. The molecule has 0 N–H and O–H groups in total. The van der Waals surface area contributed by atoms with Gasteiger partial charge in [-0.25, -0.2) is 4.98 Å². The van der Waals surface area contributed by atoms with Crippen LogP contribution >= 0.6 is 11.6 Å². The van der Waals surface area contributed by atoms with E-state index in [2.05, 4.69) is 11.1 Å². The lowest BCUT2D eigenvalue weighted by molar-refractivity contribution is 0.170.